The topological polar surface area (TPSA) is 41.1 Å². The van der Waals surface area contributed by atoms with Crippen LogP contribution in [0, 0.1) is 0 Å². The predicted octanol–water partition coefficient (Wildman–Crippen LogP) is 0.0271. The third kappa shape index (κ3) is 1.09. The van der Waals surface area contributed by atoms with Gasteiger partial charge in [0.15, 0.2) is 0 Å². The number of nitrogens with one attached hydrogen (secondary N) is 1. The first-order chi connectivity index (χ1) is 6.43. The number of fused-ring (bicyclic) bond motifs is 2. The average Bonchev–Trinajstić information content (AvgIpc) is 2.80. The van der Waals surface area contributed by atoms with Crippen molar-refractivity contribution in [3.8, 4) is 0 Å². The Hall–Kier alpha value is -1.16. The lowest BCUT2D eigenvalue weighted by molar-refractivity contribution is 0.576. The Balaban J connectivity index is 1.87. The molecule has 0 saturated carbocycles. The van der Waals surface area contributed by atoms with Gasteiger partial charge in [-0.3, -0.25) is 4.98 Å². The van der Waals surface area contributed by atoms with Crippen LogP contribution in [0.1, 0.15) is 6.42 Å². The molecular weight excluding hydrogens is 164 g/mol. The van der Waals surface area contributed by atoms with E-state index in [9.17, 15) is 0 Å². The first kappa shape index (κ1) is 7.26. The van der Waals surface area contributed by atoms with Gasteiger partial charge in [0, 0.05) is 37.6 Å². The van der Waals surface area contributed by atoms with E-state index in [1.54, 1.807) is 12.4 Å². The minimum atomic E-state index is 0.640. The second-order valence-corrected chi connectivity index (χ2v) is 3.71. The second kappa shape index (κ2) is 2.67. The van der Waals surface area contributed by atoms with Crippen LogP contribution in [0.2, 0.25) is 0 Å². The molecule has 2 aliphatic heterocycles. The molecule has 0 amide bonds. The van der Waals surface area contributed by atoms with E-state index < -0.39 is 0 Å². The molecule has 0 spiro atoms. The van der Waals surface area contributed by atoms with Crippen LogP contribution in [0.5, 0.6) is 0 Å². The van der Waals surface area contributed by atoms with E-state index >= 15 is 0 Å². The van der Waals surface area contributed by atoms with Gasteiger partial charge in [-0.25, -0.2) is 4.98 Å². The van der Waals surface area contributed by atoms with Crippen molar-refractivity contribution in [2.24, 2.45) is 0 Å². The van der Waals surface area contributed by atoms with Crippen molar-refractivity contribution < 1.29 is 0 Å². The molecule has 2 atom stereocenters. The summed E-state index contributed by atoms with van der Waals surface area (Å²) >= 11 is 0. The molecule has 1 aromatic rings. The van der Waals surface area contributed by atoms with Gasteiger partial charge in [-0.2, -0.15) is 0 Å². The van der Waals surface area contributed by atoms with Crippen LogP contribution in [-0.2, 0) is 0 Å². The maximum absolute atomic E-state index is 4.32. The van der Waals surface area contributed by atoms with E-state index in [1.807, 2.05) is 6.20 Å². The SMILES string of the molecule is c1cnc(N2CC3CC2CN3)cn1. The highest BCUT2D eigenvalue weighted by atomic mass is 15.3. The maximum Gasteiger partial charge on any atom is 0.147 e. The van der Waals surface area contributed by atoms with E-state index in [1.165, 1.54) is 6.42 Å². The van der Waals surface area contributed by atoms with Crippen molar-refractivity contribution >= 4 is 5.82 Å². The lowest BCUT2D eigenvalue weighted by Crippen LogP contribution is -2.44. The normalized spacial score (nSPS) is 31.2. The fraction of sp³-hybridized carbons (Fsp3) is 0.556. The minimum absolute atomic E-state index is 0.640. The number of aromatic nitrogens is 2. The standard InChI is InChI=1S/C9H12N4/c1-2-11-9(5-10-1)13-6-7-3-8(13)4-12-7/h1-2,5,7-8,12H,3-4,6H2. The summed E-state index contributed by atoms with van der Waals surface area (Å²) in [6.45, 7) is 2.19. The van der Waals surface area contributed by atoms with Gasteiger partial charge in [-0.05, 0) is 6.42 Å². The van der Waals surface area contributed by atoms with Crippen molar-refractivity contribution in [3.05, 3.63) is 18.6 Å². The van der Waals surface area contributed by atoms with Crippen molar-refractivity contribution in [2.75, 3.05) is 18.0 Å². The Morgan fingerprint density at radius 3 is 3.08 bits per heavy atom. The Morgan fingerprint density at radius 2 is 2.46 bits per heavy atom. The summed E-state index contributed by atoms with van der Waals surface area (Å²) < 4.78 is 0. The number of piperazine rings is 1. The van der Waals surface area contributed by atoms with E-state index in [2.05, 4.69) is 20.2 Å². The summed E-state index contributed by atoms with van der Waals surface area (Å²) in [6.07, 6.45) is 6.59. The van der Waals surface area contributed by atoms with Crippen LogP contribution < -0.4 is 10.2 Å². The number of rotatable bonds is 1. The number of hydrogen-bond acceptors (Lipinski definition) is 4. The summed E-state index contributed by atoms with van der Waals surface area (Å²) in [5, 5.41) is 3.47. The van der Waals surface area contributed by atoms with E-state index in [0.717, 1.165) is 18.9 Å². The Labute approximate surface area is 77.0 Å². The quantitative estimate of drug-likeness (QED) is 0.655. The minimum Gasteiger partial charge on any atom is -0.349 e. The molecule has 68 valence electrons. The number of hydrogen-bond donors (Lipinski definition) is 1. The molecule has 2 fully saturated rings. The molecule has 4 heteroatoms. The largest absolute Gasteiger partial charge is 0.349 e. The number of nitrogens with zero attached hydrogens (tertiary/aromatic N) is 3. The molecule has 4 nitrogen and oxygen atoms in total. The lowest BCUT2D eigenvalue weighted by atomic mass is 10.2. The van der Waals surface area contributed by atoms with Crippen LogP contribution >= 0.6 is 0 Å². The Kier molecular flexibility index (Phi) is 1.49. The number of anilines is 1. The molecule has 0 aromatic carbocycles. The Morgan fingerprint density at radius 1 is 1.46 bits per heavy atom. The van der Waals surface area contributed by atoms with Gasteiger partial charge in [-0.1, -0.05) is 0 Å². The van der Waals surface area contributed by atoms with Gasteiger partial charge in [0.05, 0.1) is 6.20 Å². The third-order valence-corrected chi connectivity index (χ3v) is 2.90. The highest BCUT2D eigenvalue weighted by Crippen LogP contribution is 2.26. The zero-order valence-electron chi connectivity index (χ0n) is 7.35. The molecule has 1 aromatic heterocycles. The molecule has 2 bridgehead atoms. The molecule has 0 radical (unpaired) electrons. The van der Waals surface area contributed by atoms with Gasteiger partial charge in [0.25, 0.3) is 0 Å². The fourth-order valence-electron chi connectivity index (χ4n) is 2.28. The summed E-state index contributed by atoms with van der Waals surface area (Å²) in [5.41, 5.74) is 0. The summed E-state index contributed by atoms with van der Waals surface area (Å²) in [6, 6.07) is 1.31. The smallest absolute Gasteiger partial charge is 0.147 e. The first-order valence-corrected chi connectivity index (χ1v) is 4.69. The molecule has 2 saturated heterocycles. The third-order valence-electron chi connectivity index (χ3n) is 2.90. The average molecular weight is 176 g/mol. The molecule has 3 rings (SSSR count). The van der Waals surface area contributed by atoms with Crippen LogP contribution in [0.25, 0.3) is 0 Å². The molecule has 0 aliphatic carbocycles. The van der Waals surface area contributed by atoms with Gasteiger partial charge in [0.1, 0.15) is 5.82 Å². The molecule has 2 unspecified atom stereocenters. The van der Waals surface area contributed by atoms with Crippen molar-refractivity contribution in [3.63, 3.8) is 0 Å². The van der Waals surface area contributed by atoms with Crippen LogP contribution in [0.4, 0.5) is 5.82 Å². The summed E-state index contributed by atoms with van der Waals surface area (Å²) in [5.74, 6) is 1.02. The van der Waals surface area contributed by atoms with Gasteiger partial charge >= 0.3 is 0 Å². The summed E-state index contributed by atoms with van der Waals surface area (Å²) in [7, 11) is 0. The maximum atomic E-state index is 4.32. The van der Waals surface area contributed by atoms with Gasteiger partial charge in [-0.15, -0.1) is 0 Å². The molecule has 13 heavy (non-hydrogen) atoms. The van der Waals surface area contributed by atoms with Gasteiger partial charge < -0.3 is 10.2 Å². The van der Waals surface area contributed by atoms with Crippen LogP contribution in [-0.4, -0.2) is 35.1 Å². The predicted molar refractivity (Wildman–Crippen MR) is 49.6 cm³/mol. The highest BCUT2D eigenvalue weighted by Gasteiger charge is 2.38. The Bertz CT molecular complexity index is 300. The molecular formula is C9H12N4. The molecule has 1 N–H and O–H groups in total. The van der Waals surface area contributed by atoms with Crippen LogP contribution in [0.15, 0.2) is 18.6 Å². The fourth-order valence-corrected chi connectivity index (χ4v) is 2.28. The summed E-state index contributed by atoms with van der Waals surface area (Å²) in [4.78, 5) is 10.8. The van der Waals surface area contributed by atoms with Crippen molar-refractivity contribution in [1.29, 1.82) is 0 Å². The first-order valence-electron chi connectivity index (χ1n) is 4.69. The lowest BCUT2D eigenvalue weighted by Gasteiger charge is -2.27. The zero-order valence-corrected chi connectivity index (χ0v) is 7.35. The van der Waals surface area contributed by atoms with Crippen molar-refractivity contribution in [1.82, 2.24) is 15.3 Å². The van der Waals surface area contributed by atoms with E-state index in [4.69, 9.17) is 0 Å². The van der Waals surface area contributed by atoms with E-state index in [0.29, 0.717) is 12.1 Å². The molecule has 3 heterocycles. The molecule has 2 aliphatic rings. The monoisotopic (exact) mass is 176 g/mol. The van der Waals surface area contributed by atoms with Crippen molar-refractivity contribution in [2.45, 2.75) is 18.5 Å². The zero-order chi connectivity index (χ0) is 8.67. The van der Waals surface area contributed by atoms with Crippen LogP contribution in [0.3, 0.4) is 0 Å². The highest BCUT2D eigenvalue weighted by molar-refractivity contribution is 5.40. The van der Waals surface area contributed by atoms with Gasteiger partial charge in [0.2, 0.25) is 0 Å². The van der Waals surface area contributed by atoms with E-state index in [-0.39, 0.29) is 0 Å². The second-order valence-electron chi connectivity index (χ2n) is 3.71.